The molecule has 0 spiro atoms. The van der Waals surface area contributed by atoms with E-state index in [0.717, 1.165) is 10.9 Å². The Morgan fingerprint density at radius 1 is 1.07 bits per heavy atom. The number of fused-ring (bicyclic) bond motifs is 1. The van der Waals surface area contributed by atoms with Crippen LogP contribution in [-0.2, 0) is 14.8 Å². The van der Waals surface area contributed by atoms with Gasteiger partial charge in [0.2, 0.25) is 10.0 Å². The fraction of sp³-hybridized carbons (Fsp3) is 0.200. The third-order valence-electron chi connectivity index (χ3n) is 4.62. The van der Waals surface area contributed by atoms with Crippen LogP contribution in [0.25, 0.3) is 10.9 Å². The predicted molar refractivity (Wildman–Crippen MR) is 113 cm³/mol. The fourth-order valence-electron chi connectivity index (χ4n) is 3.09. The normalized spacial score (nSPS) is 15.3. The molecule has 0 aliphatic carbocycles. The Labute approximate surface area is 176 Å². The molecule has 1 aromatic heterocycles. The predicted octanol–water partition coefficient (Wildman–Crippen LogP) is 3.27. The summed E-state index contributed by atoms with van der Waals surface area (Å²) < 4.78 is 33.0. The minimum Gasteiger partial charge on any atom is -0.379 e. The number of sulfonamides is 1. The molecule has 0 radical (unpaired) electrons. The Morgan fingerprint density at radius 3 is 2.62 bits per heavy atom. The molecule has 0 saturated carbocycles. The van der Waals surface area contributed by atoms with Crippen molar-refractivity contribution in [1.29, 1.82) is 0 Å². The molecule has 0 unspecified atom stereocenters. The van der Waals surface area contributed by atoms with Crippen molar-refractivity contribution in [3.8, 4) is 0 Å². The van der Waals surface area contributed by atoms with Gasteiger partial charge in [0.25, 0.3) is 5.91 Å². The number of rotatable bonds is 4. The second-order valence-electron chi connectivity index (χ2n) is 6.50. The van der Waals surface area contributed by atoms with Crippen molar-refractivity contribution in [2.75, 3.05) is 31.6 Å². The second-order valence-corrected chi connectivity index (χ2v) is 9.27. The summed E-state index contributed by atoms with van der Waals surface area (Å²) in [5.41, 5.74) is 0.992. The average Bonchev–Trinajstić information content (AvgIpc) is 2.74. The SMILES string of the molecule is O=C(Nc1ccc2ccccc2n1)c1ccc(Br)c(S(=O)(=O)N2CCOCC2)c1. The number of ether oxygens (including phenoxy) is 1. The number of hydrogen-bond donors (Lipinski definition) is 1. The molecule has 1 aliphatic rings. The largest absolute Gasteiger partial charge is 0.379 e. The number of carbonyl (C=O) groups is 1. The lowest BCUT2D eigenvalue weighted by Gasteiger charge is -2.26. The topological polar surface area (TPSA) is 88.6 Å². The molecule has 150 valence electrons. The highest BCUT2D eigenvalue weighted by Crippen LogP contribution is 2.27. The van der Waals surface area contributed by atoms with Crippen molar-refractivity contribution in [2.45, 2.75) is 4.90 Å². The van der Waals surface area contributed by atoms with E-state index in [1.165, 1.54) is 10.4 Å². The third kappa shape index (κ3) is 4.18. The molecule has 2 aromatic carbocycles. The second kappa shape index (κ2) is 8.19. The van der Waals surface area contributed by atoms with Crippen LogP contribution in [0.1, 0.15) is 10.4 Å². The van der Waals surface area contributed by atoms with Gasteiger partial charge >= 0.3 is 0 Å². The summed E-state index contributed by atoms with van der Waals surface area (Å²) in [6.45, 7) is 1.27. The van der Waals surface area contributed by atoms with Gasteiger partial charge < -0.3 is 10.1 Å². The summed E-state index contributed by atoms with van der Waals surface area (Å²) in [7, 11) is -3.74. The molecule has 1 aliphatic heterocycles. The summed E-state index contributed by atoms with van der Waals surface area (Å²) in [6, 6.07) is 15.7. The van der Waals surface area contributed by atoms with Crippen molar-refractivity contribution in [3.05, 3.63) is 64.6 Å². The van der Waals surface area contributed by atoms with E-state index in [-0.39, 0.29) is 23.5 Å². The highest BCUT2D eigenvalue weighted by Gasteiger charge is 2.29. The van der Waals surface area contributed by atoms with E-state index in [4.69, 9.17) is 4.74 Å². The van der Waals surface area contributed by atoms with E-state index < -0.39 is 15.9 Å². The Hall–Kier alpha value is -2.33. The molecule has 2 heterocycles. The lowest BCUT2D eigenvalue weighted by Crippen LogP contribution is -2.40. The highest BCUT2D eigenvalue weighted by atomic mass is 79.9. The molecule has 9 heteroatoms. The first-order chi connectivity index (χ1) is 13.9. The standard InChI is InChI=1S/C20H18BrN3O4S/c21-16-7-5-15(13-18(16)29(26,27)24-9-11-28-12-10-24)20(25)23-19-8-6-14-3-1-2-4-17(14)22-19/h1-8,13H,9-12H2,(H,22,23,25). The zero-order chi connectivity index (χ0) is 20.4. The smallest absolute Gasteiger partial charge is 0.256 e. The van der Waals surface area contributed by atoms with Crippen LogP contribution in [0.3, 0.4) is 0 Å². The maximum atomic E-state index is 13.0. The molecular weight excluding hydrogens is 458 g/mol. The molecule has 29 heavy (non-hydrogen) atoms. The number of nitrogens with one attached hydrogen (secondary N) is 1. The van der Waals surface area contributed by atoms with E-state index in [9.17, 15) is 13.2 Å². The zero-order valence-electron chi connectivity index (χ0n) is 15.3. The van der Waals surface area contributed by atoms with Crippen LogP contribution in [0, 0.1) is 0 Å². The maximum absolute atomic E-state index is 13.0. The van der Waals surface area contributed by atoms with Crippen LogP contribution in [0.2, 0.25) is 0 Å². The first-order valence-electron chi connectivity index (χ1n) is 9.00. The number of nitrogens with zero attached hydrogens (tertiary/aromatic N) is 2. The van der Waals surface area contributed by atoms with Gasteiger partial charge in [0.1, 0.15) is 5.82 Å². The molecule has 1 amide bonds. The average molecular weight is 476 g/mol. The number of para-hydroxylation sites is 1. The number of morpholine rings is 1. The molecule has 1 saturated heterocycles. The van der Waals surface area contributed by atoms with Crippen LogP contribution in [-0.4, -0.2) is 49.9 Å². The molecule has 0 atom stereocenters. The van der Waals surface area contributed by atoms with Gasteiger partial charge in [-0.1, -0.05) is 18.2 Å². The molecule has 4 rings (SSSR count). The summed E-state index contributed by atoms with van der Waals surface area (Å²) in [6.07, 6.45) is 0. The number of carbonyl (C=O) groups excluding carboxylic acids is 1. The Bertz CT molecular complexity index is 1180. The molecule has 1 N–H and O–H groups in total. The number of pyridine rings is 1. The van der Waals surface area contributed by atoms with Crippen LogP contribution in [0.15, 0.2) is 64.0 Å². The lowest BCUT2D eigenvalue weighted by atomic mass is 10.2. The maximum Gasteiger partial charge on any atom is 0.256 e. The van der Waals surface area contributed by atoms with Gasteiger partial charge in [0.15, 0.2) is 0 Å². The number of benzene rings is 2. The summed E-state index contributed by atoms with van der Waals surface area (Å²) in [5.74, 6) is -0.0343. The third-order valence-corrected chi connectivity index (χ3v) is 7.51. The Kier molecular flexibility index (Phi) is 5.64. The first-order valence-corrected chi connectivity index (χ1v) is 11.2. The minimum atomic E-state index is -3.74. The molecule has 3 aromatic rings. The fourth-order valence-corrected chi connectivity index (χ4v) is 5.45. The van der Waals surface area contributed by atoms with E-state index in [1.54, 1.807) is 18.2 Å². The molecule has 7 nitrogen and oxygen atoms in total. The van der Waals surface area contributed by atoms with Gasteiger partial charge in [0, 0.05) is 28.5 Å². The Morgan fingerprint density at radius 2 is 1.83 bits per heavy atom. The van der Waals surface area contributed by atoms with Crippen molar-refractivity contribution >= 4 is 48.6 Å². The van der Waals surface area contributed by atoms with Crippen molar-refractivity contribution in [2.24, 2.45) is 0 Å². The van der Waals surface area contributed by atoms with Gasteiger partial charge in [-0.05, 0) is 52.3 Å². The lowest BCUT2D eigenvalue weighted by molar-refractivity contribution is 0.0730. The van der Waals surface area contributed by atoms with Crippen molar-refractivity contribution in [1.82, 2.24) is 9.29 Å². The zero-order valence-corrected chi connectivity index (χ0v) is 17.7. The van der Waals surface area contributed by atoms with Crippen LogP contribution >= 0.6 is 15.9 Å². The molecule has 1 fully saturated rings. The Balaban J connectivity index is 1.61. The number of amides is 1. The van der Waals surface area contributed by atoms with Crippen LogP contribution in [0.5, 0.6) is 0 Å². The summed E-state index contributed by atoms with van der Waals surface area (Å²) in [5, 5.41) is 3.70. The van der Waals surface area contributed by atoms with Gasteiger partial charge in [-0.2, -0.15) is 4.31 Å². The number of halogens is 1. The summed E-state index contributed by atoms with van der Waals surface area (Å²) in [4.78, 5) is 17.2. The van der Waals surface area contributed by atoms with Gasteiger partial charge in [-0.25, -0.2) is 13.4 Å². The highest BCUT2D eigenvalue weighted by molar-refractivity contribution is 9.10. The van der Waals surface area contributed by atoms with Crippen molar-refractivity contribution in [3.63, 3.8) is 0 Å². The van der Waals surface area contributed by atoms with Crippen LogP contribution in [0.4, 0.5) is 5.82 Å². The summed E-state index contributed by atoms with van der Waals surface area (Å²) >= 11 is 3.29. The van der Waals surface area contributed by atoms with Gasteiger partial charge in [-0.3, -0.25) is 4.79 Å². The van der Waals surface area contributed by atoms with E-state index in [0.29, 0.717) is 23.5 Å². The number of anilines is 1. The van der Waals surface area contributed by atoms with E-state index in [1.807, 2.05) is 30.3 Å². The van der Waals surface area contributed by atoms with Gasteiger partial charge in [-0.15, -0.1) is 0 Å². The number of aromatic nitrogens is 1. The molecule has 0 bridgehead atoms. The quantitative estimate of drug-likeness (QED) is 0.625. The minimum absolute atomic E-state index is 0.0542. The first kappa shape index (κ1) is 20.0. The van der Waals surface area contributed by atoms with E-state index >= 15 is 0 Å². The monoisotopic (exact) mass is 475 g/mol. The molecular formula is C20H18BrN3O4S. The van der Waals surface area contributed by atoms with Crippen molar-refractivity contribution < 1.29 is 17.9 Å². The van der Waals surface area contributed by atoms with Gasteiger partial charge in [0.05, 0.1) is 23.6 Å². The van der Waals surface area contributed by atoms with E-state index in [2.05, 4.69) is 26.2 Å². The van der Waals surface area contributed by atoms with Crippen LogP contribution < -0.4 is 5.32 Å². The number of hydrogen-bond acceptors (Lipinski definition) is 5.